The lowest BCUT2D eigenvalue weighted by Crippen LogP contribution is -2.09. The molecule has 3 N–H and O–H groups in total. The second-order valence-corrected chi connectivity index (χ2v) is 8.34. The topological polar surface area (TPSA) is 108 Å². The number of anilines is 1. The summed E-state index contributed by atoms with van der Waals surface area (Å²) >= 11 is 0. The summed E-state index contributed by atoms with van der Waals surface area (Å²) in [6.07, 6.45) is 8.27. The Hall–Kier alpha value is -4.53. The molecule has 168 valence electrons. The van der Waals surface area contributed by atoms with Crippen LogP contribution in [0.5, 0.6) is 0 Å². The van der Waals surface area contributed by atoms with E-state index in [2.05, 4.69) is 30.5 Å². The average Bonchev–Trinajstić information content (AvgIpc) is 3.57. The molecule has 0 bridgehead atoms. The van der Waals surface area contributed by atoms with Gasteiger partial charge in [0.1, 0.15) is 22.7 Å². The van der Waals surface area contributed by atoms with Crippen molar-refractivity contribution in [1.29, 1.82) is 0 Å². The zero-order valence-corrected chi connectivity index (χ0v) is 18.4. The molecular weight excluding hydrogens is 433 g/mol. The minimum atomic E-state index is -0.390. The van der Waals surface area contributed by atoms with E-state index in [0.29, 0.717) is 44.8 Å². The van der Waals surface area contributed by atoms with Crippen LogP contribution in [0, 0.1) is 5.82 Å². The number of H-pyrrole nitrogens is 2. The lowest BCUT2D eigenvalue weighted by atomic mass is 10.0. The van der Waals surface area contributed by atoms with Crippen LogP contribution in [0.1, 0.15) is 13.8 Å². The molecule has 0 atom stereocenters. The van der Waals surface area contributed by atoms with Gasteiger partial charge in [-0.25, -0.2) is 9.37 Å². The normalized spacial score (nSPS) is 11.6. The van der Waals surface area contributed by atoms with Gasteiger partial charge >= 0.3 is 0 Å². The van der Waals surface area contributed by atoms with E-state index < -0.39 is 5.82 Å². The van der Waals surface area contributed by atoms with Crippen LogP contribution < -0.4 is 5.32 Å². The Kier molecular flexibility index (Phi) is 4.61. The molecule has 34 heavy (non-hydrogen) atoms. The van der Waals surface area contributed by atoms with Gasteiger partial charge in [0.2, 0.25) is 0 Å². The monoisotopic (exact) mass is 453 g/mol. The Morgan fingerprint density at radius 3 is 2.76 bits per heavy atom. The van der Waals surface area contributed by atoms with Crippen molar-refractivity contribution in [2.45, 2.75) is 19.9 Å². The molecule has 9 heteroatoms. The number of hydrogen-bond acceptors (Lipinski definition) is 6. The predicted molar refractivity (Wildman–Crippen MR) is 129 cm³/mol. The molecule has 0 aliphatic rings. The van der Waals surface area contributed by atoms with Crippen LogP contribution in [0.2, 0.25) is 0 Å². The molecule has 0 aliphatic heterocycles. The summed E-state index contributed by atoms with van der Waals surface area (Å²) in [5.41, 5.74) is 5.83. The number of fused-ring (bicyclic) bond motifs is 2. The summed E-state index contributed by atoms with van der Waals surface area (Å²) in [4.78, 5) is 16.7. The summed E-state index contributed by atoms with van der Waals surface area (Å²) < 4.78 is 21.1. The quantitative estimate of drug-likeness (QED) is 0.305. The Labute approximate surface area is 193 Å². The van der Waals surface area contributed by atoms with E-state index in [9.17, 15) is 0 Å². The highest BCUT2D eigenvalue weighted by Gasteiger charge is 2.21. The fourth-order valence-corrected chi connectivity index (χ4v) is 4.12. The molecule has 0 amide bonds. The highest BCUT2D eigenvalue weighted by molar-refractivity contribution is 5.98. The third-order valence-electron chi connectivity index (χ3n) is 5.59. The Balaban J connectivity index is 1.50. The van der Waals surface area contributed by atoms with Crippen LogP contribution in [0.15, 0.2) is 65.9 Å². The van der Waals surface area contributed by atoms with Gasteiger partial charge in [0, 0.05) is 41.3 Å². The smallest absolute Gasteiger partial charge is 0.159 e. The fraction of sp³-hybridized carbons (Fsp3) is 0.120. The maximum absolute atomic E-state index is 15.9. The highest BCUT2D eigenvalue weighted by atomic mass is 19.1. The lowest BCUT2D eigenvalue weighted by Gasteiger charge is -2.11. The van der Waals surface area contributed by atoms with E-state index in [0.717, 1.165) is 16.8 Å². The van der Waals surface area contributed by atoms with Crippen LogP contribution in [0.4, 0.5) is 10.1 Å². The number of aromatic nitrogens is 6. The second-order valence-electron chi connectivity index (χ2n) is 8.34. The van der Waals surface area contributed by atoms with Gasteiger partial charge in [0.15, 0.2) is 5.82 Å². The molecule has 5 aromatic heterocycles. The average molecular weight is 453 g/mol. The van der Waals surface area contributed by atoms with E-state index in [4.69, 9.17) is 9.40 Å². The van der Waals surface area contributed by atoms with E-state index >= 15 is 4.39 Å². The van der Waals surface area contributed by atoms with Gasteiger partial charge in [0.25, 0.3) is 0 Å². The summed E-state index contributed by atoms with van der Waals surface area (Å²) in [5, 5.41) is 11.0. The first kappa shape index (κ1) is 20.1. The molecule has 0 radical (unpaired) electrons. The van der Waals surface area contributed by atoms with Crippen molar-refractivity contribution in [1.82, 2.24) is 30.1 Å². The number of pyridine rings is 2. The number of rotatable bonds is 5. The summed E-state index contributed by atoms with van der Waals surface area (Å²) in [6, 6.07) is 9.32. The van der Waals surface area contributed by atoms with Crippen molar-refractivity contribution < 1.29 is 8.81 Å². The number of benzene rings is 1. The van der Waals surface area contributed by atoms with Crippen LogP contribution in [-0.4, -0.2) is 36.2 Å². The maximum Gasteiger partial charge on any atom is 0.159 e. The van der Waals surface area contributed by atoms with Crippen LogP contribution in [0.3, 0.4) is 0 Å². The van der Waals surface area contributed by atoms with Crippen molar-refractivity contribution in [3.8, 4) is 33.9 Å². The zero-order valence-electron chi connectivity index (χ0n) is 18.4. The first-order valence-electron chi connectivity index (χ1n) is 10.8. The predicted octanol–water partition coefficient (Wildman–Crippen LogP) is 5.78. The third kappa shape index (κ3) is 3.29. The molecule has 0 unspecified atom stereocenters. The molecule has 1 aromatic carbocycles. The number of furan rings is 1. The SMILES string of the molecule is CC(C)Nc1cncc(-c2ccc3[nH]nc(-c4nc5c(-c6ccoc6)nccc5[nH]4)c3c2F)c1. The van der Waals surface area contributed by atoms with Crippen LogP contribution in [0.25, 0.3) is 55.8 Å². The van der Waals surface area contributed by atoms with E-state index in [1.54, 1.807) is 37.2 Å². The molecule has 0 fully saturated rings. The molecule has 6 aromatic rings. The fourth-order valence-electron chi connectivity index (χ4n) is 4.12. The number of nitrogens with zero attached hydrogens (tertiary/aromatic N) is 4. The third-order valence-corrected chi connectivity index (χ3v) is 5.59. The molecule has 0 spiro atoms. The second kappa shape index (κ2) is 7.80. The maximum atomic E-state index is 15.9. The van der Waals surface area contributed by atoms with Crippen LogP contribution in [-0.2, 0) is 0 Å². The minimum Gasteiger partial charge on any atom is -0.472 e. The molecule has 0 saturated heterocycles. The number of nitrogens with one attached hydrogen (secondary N) is 3. The first-order chi connectivity index (χ1) is 16.6. The highest BCUT2D eigenvalue weighted by Crippen LogP contribution is 2.35. The van der Waals surface area contributed by atoms with E-state index in [1.807, 2.05) is 38.1 Å². The van der Waals surface area contributed by atoms with Gasteiger partial charge in [-0.1, -0.05) is 0 Å². The molecular formula is C25H20FN7O. The van der Waals surface area contributed by atoms with Gasteiger partial charge in [-0.3, -0.25) is 15.1 Å². The van der Waals surface area contributed by atoms with Gasteiger partial charge in [-0.2, -0.15) is 5.10 Å². The van der Waals surface area contributed by atoms with Crippen molar-refractivity contribution >= 4 is 27.6 Å². The van der Waals surface area contributed by atoms with E-state index in [-0.39, 0.29) is 6.04 Å². The lowest BCUT2D eigenvalue weighted by molar-refractivity contribution is 0.568. The van der Waals surface area contributed by atoms with Crippen LogP contribution >= 0.6 is 0 Å². The summed E-state index contributed by atoms with van der Waals surface area (Å²) in [7, 11) is 0. The number of imidazole rings is 1. The Morgan fingerprint density at radius 1 is 1.03 bits per heavy atom. The molecule has 8 nitrogen and oxygen atoms in total. The summed E-state index contributed by atoms with van der Waals surface area (Å²) in [6.45, 7) is 4.08. The first-order valence-corrected chi connectivity index (χ1v) is 10.8. The van der Waals surface area contributed by atoms with Gasteiger partial charge < -0.3 is 14.7 Å². The van der Waals surface area contributed by atoms with Crippen molar-refractivity contribution in [2.24, 2.45) is 0 Å². The van der Waals surface area contributed by atoms with Crippen molar-refractivity contribution in [3.63, 3.8) is 0 Å². The number of hydrogen-bond donors (Lipinski definition) is 3. The number of aromatic amines is 2. The Morgan fingerprint density at radius 2 is 1.94 bits per heavy atom. The van der Waals surface area contributed by atoms with E-state index in [1.165, 1.54) is 0 Å². The molecule has 6 rings (SSSR count). The largest absolute Gasteiger partial charge is 0.472 e. The van der Waals surface area contributed by atoms with Crippen molar-refractivity contribution in [2.75, 3.05) is 5.32 Å². The molecule has 5 heterocycles. The van der Waals surface area contributed by atoms with Crippen molar-refractivity contribution in [3.05, 3.63) is 67.3 Å². The number of halogens is 1. The molecule has 0 saturated carbocycles. The van der Waals surface area contributed by atoms with Gasteiger partial charge in [-0.15, -0.1) is 0 Å². The standard InChI is InChI=1S/C25H20FN7O/c1-13(2)29-16-9-15(10-27-11-16)17-3-4-18-20(21(17)26)24(33-32-18)25-30-19-5-7-28-22(23(19)31-25)14-6-8-34-12-14/h3-13,29H,1-2H3,(H,30,31)(H,32,33). The Bertz CT molecular complexity index is 1630. The zero-order chi connectivity index (χ0) is 23.2. The summed E-state index contributed by atoms with van der Waals surface area (Å²) in [5.74, 6) is 0.0572. The minimum absolute atomic E-state index is 0.236. The molecule has 0 aliphatic carbocycles. The van der Waals surface area contributed by atoms with Gasteiger partial charge in [-0.05, 0) is 44.2 Å². The van der Waals surface area contributed by atoms with Gasteiger partial charge in [0.05, 0.1) is 34.6 Å².